The monoisotopic (exact) mass is 352 g/mol. The number of carboxylic acids is 1. The van der Waals surface area contributed by atoms with E-state index in [-0.39, 0.29) is 0 Å². The summed E-state index contributed by atoms with van der Waals surface area (Å²) in [5.74, 6) is -0.841. The van der Waals surface area contributed by atoms with Crippen molar-refractivity contribution in [2.45, 2.75) is 24.5 Å². The van der Waals surface area contributed by atoms with Crippen molar-refractivity contribution in [3.05, 3.63) is 5.56 Å². The summed E-state index contributed by atoms with van der Waals surface area (Å²) >= 11 is 7.97. The first-order valence-corrected chi connectivity index (χ1v) is 11.4. The highest BCUT2D eigenvalue weighted by molar-refractivity contribution is 8.05. The van der Waals surface area contributed by atoms with Crippen LogP contribution in [0.1, 0.15) is 10.4 Å². The van der Waals surface area contributed by atoms with Crippen molar-refractivity contribution in [1.82, 2.24) is 0 Å². The van der Waals surface area contributed by atoms with Crippen LogP contribution in [0.2, 0.25) is 0 Å². The third-order valence-electron chi connectivity index (χ3n) is 2.51. The van der Waals surface area contributed by atoms with Crippen LogP contribution in [0.3, 0.4) is 0 Å². The predicted molar refractivity (Wildman–Crippen MR) is 92.3 cm³/mol. The molecule has 0 aliphatic heterocycles. The van der Waals surface area contributed by atoms with Crippen LogP contribution in [0, 0.1) is 0 Å². The molecule has 1 N–H and O–H groups in total. The highest BCUT2D eigenvalue weighted by atomic mass is 32.2. The van der Waals surface area contributed by atoms with Crippen LogP contribution in [-0.4, -0.2) is 42.4 Å². The Hall–Kier alpha value is 0.440. The summed E-state index contributed by atoms with van der Waals surface area (Å²) in [4.78, 5) is 16.8. The van der Waals surface area contributed by atoms with Crippen molar-refractivity contribution in [1.29, 1.82) is 0 Å². The van der Waals surface area contributed by atoms with Gasteiger partial charge in [-0.3, -0.25) is 0 Å². The number of aromatic carboxylic acids is 1. The third-order valence-corrected chi connectivity index (χ3v) is 7.11. The van der Waals surface area contributed by atoms with E-state index in [0.717, 1.165) is 19.6 Å². The first kappa shape index (κ1) is 17.5. The van der Waals surface area contributed by atoms with E-state index >= 15 is 0 Å². The second-order valence-corrected chi connectivity index (χ2v) is 7.43. The van der Waals surface area contributed by atoms with Gasteiger partial charge in [-0.2, -0.15) is 0 Å². The summed E-state index contributed by atoms with van der Waals surface area (Å²) in [6.45, 7) is 0. The minimum absolute atomic E-state index is 0.450. The van der Waals surface area contributed by atoms with Gasteiger partial charge in [0.15, 0.2) is 0 Å². The molecule has 0 aromatic heterocycles. The van der Waals surface area contributed by atoms with E-state index in [1.54, 1.807) is 35.3 Å². The van der Waals surface area contributed by atoms with Crippen LogP contribution in [0.4, 0.5) is 0 Å². The molecule has 0 spiro atoms. The van der Waals surface area contributed by atoms with Crippen molar-refractivity contribution < 1.29 is 9.90 Å². The van der Waals surface area contributed by atoms with Gasteiger partial charge in [0, 0.05) is 24.5 Å². The fourth-order valence-electron chi connectivity index (χ4n) is 1.78. The fourth-order valence-corrected chi connectivity index (χ4v) is 7.12. The standard InChI is InChI=1S/C12H16O2S5/c1-15-7-6(12(13)14)8(16-2)10(18-4)11(19-5)9(7)17-3/h1-5H3,(H,13,14). The maximum atomic E-state index is 11.6. The van der Waals surface area contributed by atoms with Gasteiger partial charge in [0.05, 0.1) is 5.56 Å². The number of carboxylic acid groups (broad SMARTS) is 1. The lowest BCUT2D eigenvalue weighted by atomic mass is 10.2. The lowest BCUT2D eigenvalue weighted by molar-refractivity contribution is 0.0687. The molecule has 2 nitrogen and oxygen atoms in total. The molecule has 1 rings (SSSR count). The molecular formula is C12H16O2S5. The molecule has 0 fully saturated rings. The van der Waals surface area contributed by atoms with Gasteiger partial charge in [-0.25, -0.2) is 4.79 Å². The molecule has 106 valence electrons. The quantitative estimate of drug-likeness (QED) is 0.722. The van der Waals surface area contributed by atoms with E-state index in [0.29, 0.717) is 5.56 Å². The van der Waals surface area contributed by atoms with E-state index in [1.807, 2.05) is 31.3 Å². The molecule has 0 amide bonds. The van der Waals surface area contributed by atoms with E-state index in [9.17, 15) is 9.90 Å². The summed E-state index contributed by atoms with van der Waals surface area (Å²) in [7, 11) is 0. The zero-order chi connectivity index (χ0) is 14.6. The SMILES string of the molecule is CSc1c(SC)c(SC)c(C(=O)O)c(SC)c1SC. The van der Waals surface area contributed by atoms with Crippen LogP contribution < -0.4 is 0 Å². The predicted octanol–water partition coefficient (Wildman–Crippen LogP) is 4.99. The van der Waals surface area contributed by atoms with Crippen LogP contribution in [0.25, 0.3) is 0 Å². The normalized spacial score (nSPS) is 10.8. The summed E-state index contributed by atoms with van der Waals surface area (Å²) in [6.07, 6.45) is 9.93. The average Bonchev–Trinajstić information content (AvgIpc) is 2.43. The molecule has 1 aromatic rings. The van der Waals surface area contributed by atoms with Crippen LogP contribution in [0.15, 0.2) is 24.5 Å². The molecule has 7 heteroatoms. The molecule has 0 saturated carbocycles. The number of thioether (sulfide) groups is 5. The summed E-state index contributed by atoms with van der Waals surface area (Å²) in [5, 5.41) is 9.56. The Morgan fingerprint density at radius 2 is 0.947 bits per heavy atom. The molecular weight excluding hydrogens is 336 g/mol. The van der Waals surface area contributed by atoms with E-state index in [2.05, 4.69) is 0 Å². The van der Waals surface area contributed by atoms with Gasteiger partial charge in [-0.1, -0.05) is 0 Å². The summed E-state index contributed by atoms with van der Waals surface area (Å²) < 4.78 is 0. The molecule has 0 unspecified atom stereocenters. The van der Waals surface area contributed by atoms with Crippen LogP contribution in [0.5, 0.6) is 0 Å². The molecule has 0 atom stereocenters. The number of benzene rings is 1. The maximum Gasteiger partial charge on any atom is 0.338 e. The van der Waals surface area contributed by atoms with Crippen molar-refractivity contribution >= 4 is 64.8 Å². The lowest BCUT2D eigenvalue weighted by Crippen LogP contribution is -2.05. The Bertz CT molecular complexity index is 454. The molecule has 0 radical (unpaired) electrons. The zero-order valence-corrected chi connectivity index (χ0v) is 15.5. The first-order chi connectivity index (χ1) is 9.06. The Kier molecular flexibility index (Phi) is 7.39. The van der Waals surface area contributed by atoms with Crippen molar-refractivity contribution in [2.24, 2.45) is 0 Å². The number of rotatable bonds is 6. The first-order valence-electron chi connectivity index (χ1n) is 5.24. The van der Waals surface area contributed by atoms with Crippen LogP contribution >= 0.6 is 58.8 Å². The smallest absolute Gasteiger partial charge is 0.338 e. The number of carbonyl (C=O) groups is 1. The molecule has 0 saturated heterocycles. The fraction of sp³-hybridized carbons (Fsp3) is 0.417. The van der Waals surface area contributed by atoms with E-state index in [1.165, 1.54) is 28.4 Å². The highest BCUT2D eigenvalue weighted by Crippen LogP contribution is 2.48. The van der Waals surface area contributed by atoms with Gasteiger partial charge in [-0.05, 0) is 31.3 Å². The zero-order valence-electron chi connectivity index (χ0n) is 11.4. The summed E-state index contributed by atoms with van der Waals surface area (Å²) in [6, 6.07) is 0. The minimum Gasteiger partial charge on any atom is -0.478 e. The van der Waals surface area contributed by atoms with Crippen molar-refractivity contribution in [3.8, 4) is 0 Å². The van der Waals surface area contributed by atoms with E-state index < -0.39 is 5.97 Å². The molecule has 0 heterocycles. The summed E-state index contributed by atoms with van der Waals surface area (Å²) in [5.41, 5.74) is 0.450. The number of hydrogen-bond acceptors (Lipinski definition) is 6. The maximum absolute atomic E-state index is 11.6. The van der Waals surface area contributed by atoms with Gasteiger partial charge in [0.25, 0.3) is 0 Å². The Morgan fingerprint density at radius 3 is 1.16 bits per heavy atom. The van der Waals surface area contributed by atoms with Gasteiger partial charge in [0.2, 0.25) is 0 Å². The van der Waals surface area contributed by atoms with Crippen molar-refractivity contribution in [3.63, 3.8) is 0 Å². The van der Waals surface area contributed by atoms with Gasteiger partial charge >= 0.3 is 5.97 Å². The van der Waals surface area contributed by atoms with Crippen molar-refractivity contribution in [2.75, 3.05) is 31.3 Å². The molecule has 0 aliphatic rings. The molecule has 1 aromatic carbocycles. The number of hydrogen-bond donors (Lipinski definition) is 1. The molecule has 0 aliphatic carbocycles. The Labute approximate surface area is 135 Å². The highest BCUT2D eigenvalue weighted by Gasteiger charge is 2.25. The Morgan fingerprint density at radius 1 is 0.684 bits per heavy atom. The third kappa shape index (κ3) is 3.37. The van der Waals surface area contributed by atoms with Gasteiger partial charge in [0.1, 0.15) is 0 Å². The van der Waals surface area contributed by atoms with Gasteiger partial charge < -0.3 is 5.11 Å². The molecule has 0 bridgehead atoms. The van der Waals surface area contributed by atoms with Gasteiger partial charge in [-0.15, -0.1) is 58.8 Å². The second kappa shape index (κ2) is 8.02. The topological polar surface area (TPSA) is 37.3 Å². The largest absolute Gasteiger partial charge is 0.478 e. The Balaban J connectivity index is 3.85. The minimum atomic E-state index is -0.841. The van der Waals surface area contributed by atoms with E-state index in [4.69, 9.17) is 0 Å². The second-order valence-electron chi connectivity index (χ2n) is 3.35. The van der Waals surface area contributed by atoms with Crippen LogP contribution in [-0.2, 0) is 0 Å². The average molecular weight is 353 g/mol. The molecule has 19 heavy (non-hydrogen) atoms. The lowest BCUT2D eigenvalue weighted by Gasteiger charge is -2.20.